The number of carbonyl (C=O) groups excluding carboxylic acids is 1. The molecule has 1 amide bonds. The van der Waals surface area contributed by atoms with Gasteiger partial charge in [-0.15, -0.1) is 0 Å². The number of rotatable bonds is 18. The summed E-state index contributed by atoms with van der Waals surface area (Å²) in [6.07, 6.45) is 1.20. The Morgan fingerprint density at radius 2 is 1.66 bits per heavy atom. The van der Waals surface area contributed by atoms with Crippen molar-refractivity contribution in [3.63, 3.8) is 0 Å². The van der Waals surface area contributed by atoms with Crippen molar-refractivity contribution in [2.45, 2.75) is 65.0 Å². The summed E-state index contributed by atoms with van der Waals surface area (Å²) >= 11 is 0. The summed E-state index contributed by atoms with van der Waals surface area (Å²) in [6, 6.07) is 5.07. The molecule has 1 aromatic carbocycles. The van der Waals surface area contributed by atoms with E-state index in [1.807, 2.05) is 25.1 Å². The van der Waals surface area contributed by atoms with Gasteiger partial charge in [-0.3, -0.25) is 4.79 Å². The summed E-state index contributed by atoms with van der Waals surface area (Å²) < 4.78 is 21.6. The van der Waals surface area contributed by atoms with Crippen molar-refractivity contribution >= 4 is 5.91 Å². The van der Waals surface area contributed by atoms with Crippen molar-refractivity contribution in [2.24, 2.45) is 23.5 Å². The van der Waals surface area contributed by atoms with E-state index in [0.29, 0.717) is 56.1 Å². The van der Waals surface area contributed by atoms with E-state index in [2.05, 4.69) is 26.1 Å². The first-order valence-electron chi connectivity index (χ1n) is 12.7. The molecule has 4 N–H and O–H groups in total. The molecule has 202 valence electrons. The number of nitrogens with two attached hydrogens (primary N) is 1. The van der Waals surface area contributed by atoms with Crippen LogP contribution in [0.3, 0.4) is 0 Å². The van der Waals surface area contributed by atoms with E-state index in [-0.39, 0.29) is 5.91 Å². The second kappa shape index (κ2) is 16.7. The molecule has 8 nitrogen and oxygen atoms in total. The summed E-state index contributed by atoms with van der Waals surface area (Å²) in [5.41, 5.74) is 7.30. The molecule has 0 aliphatic heterocycles. The molecule has 1 unspecified atom stereocenters. The number of aliphatic hydroxyl groups excluding tert-OH is 1. The number of nitrogens with one attached hydrogen (secondary N) is 1. The normalized spacial score (nSPS) is 15.8. The Bertz CT molecular complexity index is 730. The van der Waals surface area contributed by atoms with Crippen LogP contribution >= 0.6 is 0 Å². The minimum absolute atomic E-state index is 0.132. The second-order valence-corrected chi connectivity index (χ2v) is 9.67. The van der Waals surface area contributed by atoms with Gasteiger partial charge in [-0.2, -0.15) is 0 Å². The quantitative estimate of drug-likeness (QED) is 0.267. The topological polar surface area (TPSA) is 112 Å². The van der Waals surface area contributed by atoms with E-state index < -0.39 is 24.0 Å². The second-order valence-electron chi connectivity index (χ2n) is 9.67. The van der Waals surface area contributed by atoms with Gasteiger partial charge in [-0.25, -0.2) is 0 Å². The lowest BCUT2D eigenvalue weighted by atomic mass is 9.77. The molecule has 0 aliphatic rings. The van der Waals surface area contributed by atoms with Gasteiger partial charge in [-0.1, -0.05) is 33.8 Å². The molecule has 8 heteroatoms. The Morgan fingerprint density at radius 3 is 2.26 bits per heavy atom. The fourth-order valence-corrected chi connectivity index (χ4v) is 4.04. The Kier molecular flexibility index (Phi) is 14.9. The average molecular weight is 497 g/mol. The first kappa shape index (κ1) is 31.2. The average Bonchev–Trinajstić information content (AvgIpc) is 2.84. The van der Waals surface area contributed by atoms with Crippen LogP contribution in [-0.4, -0.2) is 70.9 Å². The summed E-state index contributed by atoms with van der Waals surface area (Å²) in [5, 5.41) is 14.4. The highest BCUT2D eigenvalue weighted by Crippen LogP contribution is 2.37. The van der Waals surface area contributed by atoms with Crippen molar-refractivity contribution in [1.82, 2.24) is 5.32 Å². The van der Waals surface area contributed by atoms with Crippen LogP contribution in [0.1, 0.15) is 58.4 Å². The maximum Gasteiger partial charge on any atom is 0.223 e. The van der Waals surface area contributed by atoms with Gasteiger partial charge in [0.15, 0.2) is 11.5 Å². The zero-order valence-corrected chi connectivity index (χ0v) is 22.7. The van der Waals surface area contributed by atoms with Gasteiger partial charge in [0.25, 0.3) is 0 Å². The highest BCUT2D eigenvalue weighted by atomic mass is 16.5. The van der Waals surface area contributed by atoms with Crippen molar-refractivity contribution < 1.29 is 28.8 Å². The highest BCUT2D eigenvalue weighted by molar-refractivity contribution is 5.79. The lowest BCUT2D eigenvalue weighted by Gasteiger charge is -2.34. The van der Waals surface area contributed by atoms with E-state index in [4.69, 9.17) is 24.7 Å². The number of ether oxygens (including phenoxy) is 4. The van der Waals surface area contributed by atoms with E-state index in [9.17, 15) is 9.90 Å². The molecule has 0 aliphatic carbocycles. The first-order valence-corrected chi connectivity index (χ1v) is 12.7. The van der Waals surface area contributed by atoms with Gasteiger partial charge in [0.2, 0.25) is 5.91 Å². The Morgan fingerprint density at radius 1 is 1.00 bits per heavy atom. The number of hydrogen-bond donors (Lipinski definition) is 3. The molecule has 0 saturated heterocycles. The molecule has 5 atom stereocenters. The molecule has 35 heavy (non-hydrogen) atoms. The predicted octanol–water partition coefficient (Wildman–Crippen LogP) is 3.35. The van der Waals surface area contributed by atoms with Gasteiger partial charge in [-0.05, 0) is 42.4 Å². The third-order valence-corrected chi connectivity index (χ3v) is 6.69. The van der Waals surface area contributed by atoms with E-state index >= 15 is 0 Å². The van der Waals surface area contributed by atoms with Crippen LogP contribution in [0.4, 0.5) is 0 Å². The third-order valence-electron chi connectivity index (χ3n) is 6.69. The van der Waals surface area contributed by atoms with Gasteiger partial charge in [0.05, 0.1) is 19.8 Å². The maximum absolute atomic E-state index is 13.1. The predicted molar refractivity (Wildman–Crippen MR) is 139 cm³/mol. The van der Waals surface area contributed by atoms with Crippen molar-refractivity contribution in [3.05, 3.63) is 23.8 Å². The summed E-state index contributed by atoms with van der Waals surface area (Å²) in [5.74, 6) is 0.786. The number of hydrogen-bond acceptors (Lipinski definition) is 7. The van der Waals surface area contributed by atoms with Crippen molar-refractivity contribution in [1.29, 1.82) is 0 Å². The lowest BCUT2D eigenvalue weighted by Crippen LogP contribution is -2.45. The Labute approximate surface area is 211 Å². The minimum Gasteiger partial charge on any atom is -0.493 e. The lowest BCUT2D eigenvalue weighted by molar-refractivity contribution is -0.126. The van der Waals surface area contributed by atoms with Crippen LogP contribution in [0.25, 0.3) is 0 Å². The van der Waals surface area contributed by atoms with Crippen LogP contribution < -0.4 is 20.5 Å². The summed E-state index contributed by atoms with van der Waals surface area (Å²) in [6.45, 7) is 10.4. The number of benzene rings is 1. The van der Waals surface area contributed by atoms with Gasteiger partial charge < -0.3 is 35.1 Å². The van der Waals surface area contributed by atoms with Crippen LogP contribution in [0, 0.1) is 17.8 Å². The standard InChI is InChI=1S/C27H48N2O6/c1-18(2)19(3)16-22(28)26(30)25(20(4)27(31)29-12-8-13-32-5)21-10-11-23(34-7)24(17-21)35-15-9-14-33-6/h10-11,17-20,22,25-26,30H,8-9,12-16,28H2,1-7H3,(H,29,31)/t19-,20+,22-,25?,26+/m0/s1. The summed E-state index contributed by atoms with van der Waals surface area (Å²) in [4.78, 5) is 13.1. The van der Waals surface area contributed by atoms with Crippen molar-refractivity contribution in [3.8, 4) is 11.5 Å². The smallest absolute Gasteiger partial charge is 0.223 e. The third kappa shape index (κ3) is 10.3. The molecular formula is C27H48N2O6. The van der Waals surface area contributed by atoms with Gasteiger partial charge in [0, 0.05) is 58.3 Å². The largest absolute Gasteiger partial charge is 0.493 e. The van der Waals surface area contributed by atoms with Crippen LogP contribution in [-0.2, 0) is 14.3 Å². The molecule has 0 heterocycles. The fraction of sp³-hybridized carbons (Fsp3) is 0.741. The Balaban J connectivity index is 3.23. The van der Waals surface area contributed by atoms with E-state index in [0.717, 1.165) is 18.4 Å². The monoisotopic (exact) mass is 496 g/mol. The van der Waals surface area contributed by atoms with Crippen LogP contribution in [0.15, 0.2) is 18.2 Å². The van der Waals surface area contributed by atoms with Crippen LogP contribution in [0.5, 0.6) is 11.5 Å². The molecule has 1 aromatic rings. The van der Waals surface area contributed by atoms with Gasteiger partial charge >= 0.3 is 0 Å². The molecule has 0 aromatic heterocycles. The van der Waals surface area contributed by atoms with Gasteiger partial charge in [0.1, 0.15) is 0 Å². The molecule has 0 bridgehead atoms. The SMILES string of the molecule is COCCCNC(=O)[C@H](C)C(c1ccc(OC)c(OCCCOC)c1)[C@H](O)[C@@H](N)C[C@H](C)C(C)C. The molecule has 0 fully saturated rings. The first-order chi connectivity index (χ1) is 16.7. The van der Waals surface area contributed by atoms with E-state index in [1.54, 1.807) is 21.3 Å². The van der Waals surface area contributed by atoms with Crippen LogP contribution in [0.2, 0.25) is 0 Å². The molecule has 1 rings (SSSR count). The minimum atomic E-state index is -0.911. The number of aliphatic hydroxyl groups is 1. The van der Waals surface area contributed by atoms with E-state index in [1.165, 1.54) is 0 Å². The highest BCUT2D eigenvalue weighted by Gasteiger charge is 2.36. The Hall–Kier alpha value is -1.87. The summed E-state index contributed by atoms with van der Waals surface area (Å²) in [7, 11) is 4.87. The maximum atomic E-state index is 13.1. The zero-order valence-electron chi connectivity index (χ0n) is 22.7. The molecule has 0 saturated carbocycles. The number of carbonyl (C=O) groups is 1. The number of amides is 1. The van der Waals surface area contributed by atoms with Crippen molar-refractivity contribution in [2.75, 3.05) is 47.7 Å². The molecule has 0 radical (unpaired) electrons. The molecular weight excluding hydrogens is 448 g/mol. The zero-order chi connectivity index (χ0) is 26.4. The number of methoxy groups -OCH3 is 3. The fourth-order valence-electron chi connectivity index (χ4n) is 4.04. The molecule has 0 spiro atoms.